The summed E-state index contributed by atoms with van der Waals surface area (Å²) < 4.78 is 0. The summed E-state index contributed by atoms with van der Waals surface area (Å²) in [7, 11) is 0. The summed E-state index contributed by atoms with van der Waals surface area (Å²) in [4.78, 5) is 2.55. The standard InChI is InChI=1S/C10H21NO/c12-10-6-2-1-3-7-11-8-4-5-9-11/h12H,1-10H2. The monoisotopic (exact) mass is 171 g/mol. The lowest BCUT2D eigenvalue weighted by Crippen LogP contribution is -2.20. The summed E-state index contributed by atoms with van der Waals surface area (Å²) in [6.45, 7) is 4.29. The number of hydrogen-bond acceptors (Lipinski definition) is 2. The molecule has 0 bridgehead atoms. The zero-order valence-electron chi connectivity index (χ0n) is 7.97. The fourth-order valence-corrected chi connectivity index (χ4v) is 1.81. The fraction of sp³-hybridized carbons (Fsp3) is 1.00. The van der Waals surface area contributed by atoms with Gasteiger partial charge in [0.1, 0.15) is 0 Å². The summed E-state index contributed by atoms with van der Waals surface area (Å²) in [6.07, 6.45) is 7.59. The minimum atomic E-state index is 0.365. The largest absolute Gasteiger partial charge is 0.396 e. The molecule has 2 heteroatoms. The highest BCUT2D eigenvalue weighted by molar-refractivity contribution is 4.65. The molecule has 1 fully saturated rings. The van der Waals surface area contributed by atoms with Crippen molar-refractivity contribution < 1.29 is 5.11 Å². The average Bonchev–Trinajstić information content (AvgIpc) is 2.57. The second-order valence-electron chi connectivity index (χ2n) is 3.69. The van der Waals surface area contributed by atoms with Gasteiger partial charge in [0.15, 0.2) is 0 Å². The van der Waals surface area contributed by atoms with Gasteiger partial charge in [-0.1, -0.05) is 12.8 Å². The summed E-state index contributed by atoms with van der Waals surface area (Å²) in [5.74, 6) is 0. The summed E-state index contributed by atoms with van der Waals surface area (Å²) in [5.41, 5.74) is 0. The van der Waals surface area contributed by atoms with Crippen LogP contribution in [-0.4, -0.2) is 36.2 Å². The van der Waals surface area contributed by atoms with Crippen LogP contribution in [0.4, 0.5) is 0 Å². The van der Waals surface area contributed by atoms with E-state index in [-0.39, 0.29) is 0 Å². The number of aliphatic hydroxyl groups excluding tert-OH is 1. The molecule has 0 radical (unpaired) electrons. The smallest absolute Gasteiger partial charge is 0.0431 e. The normalized spacial score (nSPS) is 18.8. The zero-order chi connectivity index (χ0) is 8.65. The first kappa shape index (κ1) is 10.0. The quantitative estimate of drug-likeness (QED) is 0.614. The molecule has 0 aromatic heterocycles. The lowest BCUT2D eigenvalue weighted by Gasteiger charge is -2.13. The molecule has 1 N–H and O–H groups in total. The molecule has 0 saturated carbocycles. The van der Waals surface area contributed by atoms with Crippen molar-refractivity contribution in [2.45, 2.75) is 38.5 Å². The Morgan fingerprint density at radius 1 is 0.917 bits per heavy atom. The van der Waals surface area contributed by atoms with E-state index in [0.717, 1.165) is 6.42 Å². The highest BCUT2D eigenvalue weighted by atomic mass is 16.2. The molecule has 1 saturated heterocycles. The summed E-state index contributed by atoms with van der Waals surface area (Å²) in [5, 5.41) is 8.57. The minimum absolute atomic E-state index is 0.365. The van der Waals surface area contributed by atoms with E-state index in [1.807, 2.05) is 0 Å². The van der Waals surface area contributed by atoms with Crippen molar-refractivity contribution in [3.63, 3.8) is 0 Å². The van der Waals surface area contributed by atoms with Crippen molar-refractivity contribution in [3.05, 3.63) is 0 Å². The molecule has 0 amide bonds. The van der Waals surface area contributed by atoms with Crippen LogP contribution in [0.2, 0.25) is 0 Å². The Balaban J connectivity index is 1.81. The van der Waals surface area contributed by atoms with E-state index in [0.29, 0.717) is 6.61 Å². The fourth-order valence-electron chi connectivity index (χ4n) is 1.81. The molecule has 72 valence electrons. The molecule has 12 heavy (non-hydrogen) atoms. The van der Waals surface area contributed by atoms with Crippen LogP contribution >= 0.6 is 0 Å². The lowest BCUT2D eigenvalue weighted by atomic mass is 10.2. The van der Waals surface area contributed by atoms with Crippen LogP contribution in [0.3, 0.4) is 0 Å². The van der Waals surface area contributed by atoms with Crippen LogP contribution in [-0.2, 0) is 0 Å². The molecule has 0 spiro atoms. The molecule has 1 rings (SSSR count). The van der Waals surface area contributed by atoms with Gasteiger partial charge in [-0.3, -0.25) is 0 Å². The maximum atomic E-state index is 8.57. The molecule has 1 aliphatic heterocycles. The molecule has 0 aliphatic carbocycles. The van der Waals surface area contributed by atoms with Crippen molar-refractivity contribution in [2.24, 2.45) is 0 Å². The number of unbranched alkanes of at least 4 members (excludes halogenated alkanes) is 3. The first-order valence-corrected chi connectivity index (χ1v) is 5.26. The van der Waals surface area contributed by atoms with Crippen molar-refractivity contribution >= 4 is 0 Å². The van der Waals surface area contributed by atoms with Gasteiger partial charge in [-0.15, -0.1) is 0 Å². The average molecular weight is 171 g/mol. The van der Waals surface area contributed by atoms with E-state index in [4.69, 9.17) is 5.11 Å². The van der Waals surface area contributed by atoms with Crippen LogP contribution in [0.5, 0.6) is 0 Å². The Morgan fingerprint density at radius 3 is 2.25 bits per heavy atom. The maximum absolute atomic E-state index is 8.57. The number of hydrogen-bond donors (Lipinski definition) is 1. The second-order valence-corrected chi connectivity index (χ2v) is 3.69. The molecule has 1 aliphatic rings. The van der Waals surface area contributed by atoms with Gasteiger partial charge in [-0.05, 0) is 45.3 Å². The van der Waals surface area contributed by atoms with Gasteiger partial charge in [0.05, 0.1) is 0 Å². The second kappa shape index (κ2) is 6.44. The van der Waals surface area contributed by atoms with Crippen molar-refractivity contribution in [2.75, 3.05) is 26.2 Å². The van der Waals surface area contributed by atoms with E-state index in [2.05, 4.69) is 4.90 Å². The molecule has 0 aromatic carbocycles. The van der Waals surface area contributed by atoms with Crippen LogP contribution < -0.4 is 0 Å². The van der Waals surface area contributed by atoms with Gasteiger partial charge < -0.3 is 10.0 Å². The van der Waals surface area contributed by atoms with E-state index >= 15 is 0 Å². The Bertz CT molecular complexity index is 100. The number of nitrogens with zero attached hydrogens (tertiary/aromatic N) is 1. The molecule has 2 nitrogen and oxygen atoms in total. The molecule has 0 atom stereocenters. The summed E-state index contributed by atoms with van der Waals surface area (Å²) in [6, 6.07) is 0. The molecule has 1 heterocycles. The maximum Gasteiger partial charge on any atom is 0.0431 e. The highest BCUT2D eigenvalue weighted by Crippen LogP contribution is 2.09. The van der Waals surface area contributed by atoms with Gasteiger partial charge in [0, 0.05) is 6.61 Å². The Labute approximate surface area is 75.6 Å². The van der Waals surface area contributed by atoms with Gasteiger partial charge in [0.25, 0.3) is 0 Å². The molecule has 0 aromatic rings. The topological polar surface area (TPSA) is 23.5 Å². The van der Waals surface area contributed by atoms with E-state index in [1.54, 1.807) is 0 Å². The van der Waals surface area contributed by atoms with Crippen LogP contribution in [0.25, 0.3) is 0 Å². The molecule has 0 unspecified atom stereocenters. The van der Waals surface area contributed by atoms with Gasteiger partial charge >= 0.3 is 0 Å². The van der Waals surface area contributed by atoms with Gasteiger partial charge in [-0.2, -0.15) is 0 Å². The number of likely N-dealkylation sites (tertiary alicyclic amines) is 1. The van der Waals surface area contributed by atoms with E-state index in [9.17, 15) is 0 Å². The van der Waals surface area contributed by atoms with Crippen LogP contribution in [0, 0.1) is 0 Å². The Morgan fingerprint density at radius 2 is 1.58 bits per heavy atom. The van der Waals surface area contributed by atoms with Gasteiger partial charge in [0.2, 0.25) is 0 Å². The predicted molar refractivity (Wildman–Crippen MR) is 51.2 cm³/mol. The predicted octanol–water partition coefficient (Wildman–Crippen LogP) is 1.63. The van der Waals surface area contributed by atoms with Crippen molar-refractivity contribution in [1.29, 1.82) is 0 Å². The summed E-state index contributed by atoms with van der Waals surface area (Å²) >= 11 is 0. The third-order valence-electron chi connectivity index (χ3n) is 2.58. The Hall–Kier alpha value is -0.0800. The van der Waals surface area contributed by atoms with E-state index in [1.165, 1.54) is 51.7 Å². The molecular weight excluding hydrogens is 150 g/mol. The van der Waals surface area contributed by atoms with Crippen molar-refractivity contribution in [3.8, 4) is 0 Å². The van der Waals surface area contributed by atoms with Crippen LogP contribution in [0.15, 0.2) is 0 Å². The highest BCUT2D eigenvalue weighted by Gasteiger charge is 2.09. The lowest BCUT2D eigenvalue weighted by molar-refractivity contribution is 0.278. The van der Waals surface area contributed by atoms with Crippen LogP contribution in [0.1, 0.15) is 38.5 Å². The Kier molecular flexibility index (Phi) is 5.37. The van der Waals surface area contributed by atoms with Gasteiger partial charge in [-0.25, -0.2) is 0 Å². The number of rotatable bonds is 6. The zero-order valence-corrected chi connectivity index (χ0v) is 7.97. The first-order valence-electron chi connectivity index (χ1n) is 5.26. The first-order chi connectivity index (χ1) is 5.93. The van der Waals surface area contributed by atoms with E-state index < -0.39 is 0 Å². The minimum Gasteiger partial charge on any atom is -0.396 e. The third-order valence-corrected chi connectivity index (χ3v) is 2.58. The van der Waals surface area contributed by atoms with Crippen molar-refractivity contribution in [1.82, 2.24) is 4.90 Å². The third kappa shape index (κ3) is 4.07. The SMILES string of the molecule is OCCCCCCN1CCCC1. The molecular formula is C10H21NO. The number of aliphatic hydroxyl groups is 1.